The highest BCUT2D eigenvalue weighted by molar-refractivity contribution is 5.59. The molecule has 0 bridgehead atoms. The molecule has 1 aromatic heterocycles. The highest BCUT2D eigenvalue weighted by atomic mass is 15.3. The van der Waals surface area contributed by atoms with Crippen molar-refractivity contribution < 1.29 is 0 Å². The maximum absolute atomic E-state index is 4.87. The molecule has 5 nitrogen and oxygen atoms in total. The van der Waals surface area contributed by atoms with E-state index in [-0.39, 0.29) is 0 Å². The van der Waals surface area contributed by atoms with Gasteiger partial charge in [-0.1, -0.05) is 6.92 Å². The molecule has 1 N–H and O–H groups in total. The Bertz CT molecular complexity index is 475. The Morgan fingerprint density at radius 1 is 1.15 bits per heavy atom. The molecule has 0 radical (unpaired) electrons. The van der Waals surface area contributed by atoms with Gasteiger partial charge in [0.2, 0.25) is 0 Å². The van der Waals surface area contributed by atoms with Crippen LogP contribution in [0.25, 0.3) is 0 Å². The normalized spacial score (nSPS) is 20.2. The predicted molar refractivity (Wildman–Crippen MR) is 82.6 cm³/mol. The van der Waals surface area contributed by atoms with Crippen molar-refractivity contribution in [1.82, 2.24) is 14.9 Å². The minimum Gasteiger partial charge on any atom is -0.373 e. The molecule has 1 aliphatic carbocycles. The van der Waals surface area contributed by atoms with Crippen LogP contribution in [0.1, 0.15) is 37.1 Å². The van der Waals surface area contributed by atoms with Crippen LogP contribution in [0.3, 0.4) is 0 Å². The van der Waals surface area contributed by atoms with Crippen LogP contribution in [-0.2, 0) is 0 Å². The molecule has 5 heteroatoms. The van der Waals surface area contributed by atoms with E-state index in [0.29, 0.717) is 5.92 Å². The van der Waals surface area contributed by atoms with Crippen molar-refractivity contribution >= 4 is 11.6 Å². The molecule has 0 atom stereocenters. The quantitative estimate of drug-likeness (QED) is 0.908. The van der Waals surface area contributed by atoms with Gasteiger partial charge in [0.15, 0.2) is 0 Å². The van der Waals surface area contributed by atoms with Gasteiger partial charge < -0.3 is 15.1 Å². The molecule has 1 saturated carbocycles. The van der Waals surface area contributed by atoms with Crippen LogP contribution in [0, 0.1) is 6.92 Å². The molecule has 1 aromatic rings. The highest BCUT2D eigenvalue weighted by Crippen LogP contribution is 2.40. The molecule has 2 aliphatic rings. The van der Waals surface area contributed by atoms with E-state index < -0.39 is 0 Å². The van der Waals surface area contributed by atoms with Crippen molar-refractivity contribution in [3.05, 3.63) is 11.4 Å². The van der Waals surface area contributed by atoms with Crippen molar-refractivity contribution in [2.45, 2.75) is 32.6 Å². The molecule has 1 saturated heterocycles. The van der Waals surface area contributed by atoms with Gasteiger partial charge in [0, 0.05) is 44.7 Å². The van der Waals surface area contributed by atoms with Gasteiger partial charge in [0.25, 0.3) is 0 Å². The molecule has 0 aromatic carbocycles. The fraction of sp³-hybridized carbons (Fsp3) is 0.733. The van der Waals surface area contributed by atoms with E-state index in [1.165, 1.54) is 18.4 Å². The highest BCUT2D eigenvalue weighted by Gasteiger charge is 2.29. The lowest BCUT2D eigenvalue weighted by atomic mass is 10.2. The van der Waals surface area contributed by atoms with Crippen molar-refractivity contribution in [2.24, 2.45) is 0 Å². The first-order valence-electron chi connectivity index (χ1n) is 7.76. The number of aromatic nitrogens is 2. The monoisotopic (exact) mass is 275 g/mol. The number of rotatable bonds is 4. The van der Waals surface area contributed by atoms with Gasteiger partial charge in [0.05, 0.1) is 0 Å². The van der Waals surface area contributed by atoms with E-state index in [4.69, 9.17) is 4.98 Å². The summed E-state index contributed by atoms with van der Waals surface area (Å²) in [5.41, 5.74) is 1.18. The van der Waals surface area contributed by atoms with Gasteiger partial charge in [-0.3, -0.25) is 0 Å². The lowest BCUT2D eigenvalue weighted by Gasteiger charge is -2.35. The summed E-state index contributed by atoms with van der Waals surface area (Å²) in [6, 6.07) is 0. The summed E-state index contributed by atoms with van der Waals surface area (Å²) in [7, 11) is 1.95. The fourth-order valence-corrected chi connectivity index (χ4v) is 2.87. The van der Waals surface area contributed by atoms with E-state index in [2.05, 4.69) is 33.9 Å². The second-order valence-electron chi connectivity index (χ2n) is 5.82. The van der Waals surface area contributed by atoms with Crippen LogP contribution >= 0.6 is 0 Å². The summed E-state index contributed by atoms with van der Waals surface area (Å²) in [5.74, 6) is 3.77. The minimum absolute atomic E-state index is 0.596. The summed E-state index contributed by atoms with van der Waals surface area (Å²) in [6.07, 6.45) is 2.49. The topological polar surface area (TPSA) is 44.3 Å². The molecule has 1 aliphatic heterocycles. The number of likely N-dealkylation sites (N-methyl/N-ethyl adjacent to an activating group) is 1. The van der Waals surface area contributed by atoms with Gasteiger partial charge >= 0.3 is 0 Å². The van der Waals surface area contributed by atoms with Gasteiger partial charge in [-0.25, -0.2) is 9.97 Å². The SMILES string of the molecule is CCN1CCN(c2nc(C3CC3)nc(NC)c2C)CC1. The van der Waals surface area contributed by atoms with E-state index in [1.54, 1.807) is 0 Å². The van der Waals surface area contributed by atoms with Crippen LogP contribution < -0.4 is 10.2 Å². The zero-order chi connectivity index (χ0) is 14.1. The summed E-state index contributed by atoms with van der Waals surface area (Å²) < 4.78 is 0. The smallest absolute Gasteiger partial charge is 0.137 e. The largest absolute Gasteiger partial charge is 0.373 e. The van der Waals surface area contributed by atoms with E-state index in [9.17, 15) is 0 Å². The van der Waals surface area contributed by atoms with Crippen LogP contribution in [0.4, 0.5) is 11.6 Å². The maximum Gasteiger partial charge on any atom is 0.137 e. The number of hydrogen-bond donors (Lipinski definition) is 1. The molecular weight excluding hydrogens is 250 g/mol. The third-order valence-electron chi connectivity index (χ3n) is 4.44. The second-order valence-corrected chi connectivity index (χ2v) is 5.82. The van der Waals surface area contributed by atoms with Crippen LogP contribution in [0.5, 0.6) is 0 Å². The van der Waals surface area contributed by atoms with Gasteiger partial charge in [-0.15, -0.1) is 0 Å². The maximum atomic E-state index is 4.87. The lowest BCUT2D eigenvalue weighted by Crippen LogP contribution is -2.46. The van der Waals surface area contributed by atoms with Gasteiger partial charge in [-0.2, -0.15) is 0 Å². The Morgan fingerprint density at radius 2 is 1.85 bits per heavy atom. The zero-order valence-electron chi connectivity index (χ0n) is 12.8. The number of nitrogens with one attached hydrogen (secondary N) is 1. The first-order valence-corrected chi connectivity index (χ1v) is 7.76. The Kier molecular flexibility index (Phi) is 3.78. The van der Waals surface area contributed by atoms with Crippen LogP contribution in [-0.4, -0.2) is 54.6 Å². The van der Waals surface area contributed by atoms with Crippen molar-refractivity contribution in [3.8, 4) is 0 Å². The standard InChI is InChI=1S/C15H25N5/c1-4-19-7-9-20(10-8-19)15-11(2)13(16-3)17-14(18-15)12-5-6-12/h12H,4-10H2,1-3H3,(H,16,17,18). The van der Waals surface area contributed by atoms with E-state index in [1.807, 2.05) is 7.05 Å². The molecule has 0 amide bonds. The molecule has 2 fully saturated rings. The Labute approximate surface area is 121 Å². The van der Waals surface area contributed by atoms with Gasteiger partial charge in [-0.05, 0) is 26.3 Å². The Balaban J connectivity index is 1.86. The predicted octanol–water partition coefficient (Wildman–Crippen LogP) is 1.85. The van der Waals surface area contributed by atoms with E-state index in [0.717, 1.165) is 50.2 Å². The zero-order valence-corrected chi connectivity index (χ0v) is 12.8. The van der Waals surface area contributed by atoms with E-state index >= 15 is 0 Å². The summed E-state index contributed by atoms with van der Waals surface area (Å²) in [5, 5.41) is 3.23. The number of anilines is 2. The Hall–Kier alpha value is -1.36. The van der Waals surface area contributed by atoms with Crippen molar-refractivity contribution in [2.75, 3.05) is 50.0 Å². The minimum atomic E-state index is 0.596. The van der Waals surface area contributed by atoms with Crippen LogP contribution in [0.15, 0.2) is 0 Å². The third-order valence-corrected chi connectivity index (χ3v) is 4.44. The average molecular weight is 275 g/mol. The lowest BCUT2D eigenvalue weighted by molar-refractivity contribution is 0.270. The van der Waals surface area contributed by atoms with Crippen LogP contribution in [0.2, 0.25) is 0 Å². The molecule has 0 unspecified atom stereocenters. The van der Waals surface area contributed by atoms with Gasteiger partial charge in [0.1, 0.15) is 17.5 Å². The molecule has 2 heterocycles. The number of hydrogen-bond acceptors (Lipinski definition) is 5. The Morgan fingerprint density at radius 3 is 2.40 bits per heavy atom. The molecular formula is C15H25N5. The fourth-order valence-electron chi connectivity index (χ4n) is 2.87. The molecule has 20 heavy (non-hydrogen) atoms. The molecule has 3 rings (SSSR count). The molecule has 0 spiro atoms. The summed E-state index contributed by atoms with van der Waals surface area (Å²) in [6.45, 7) is 9.91. The number of nitrogens with zero attached hydrogens (tertiary/aromatic N) is 4. The molecule has 110 valence electrons. The average Bonchev–Trinajstić information content (AvgIpc) is 3.32. The van der Waals surface area contributed by atoms with Crippen molar-refractivity contribution in [1.29, 1.82) is 0 Å². The second kappa shape index (κ2) is 5.56. The number of piperazine rings is 1. The first-order chi connectivity index (χ1) is 9.72. The third kappa shape index (κ3) is 2.59. The van der Waals surface area contributed by atoms with Crippen molar-refractivity contribution in [3.63, 3.8) is 0 Å². The summed E-state index contributed by atoms with van der Waals surface area (Å²) in [4.78, 5) is 14.5. The first kappa shape index (κ1) is 13.6. The summed E-state index contributed by atoms with van der Waals surface area (Å²) >= 11 is 0.